The Morgan fingerprint density at radius 1 is 1.32 bits per heavy atom. The number of carbonyl (C=O) groups is 4. The number of amides is 2. The van der Waals surface area contributed by atoms with Crippen LogP contribution in [-0.4, -0.2) is 34.9 Å². The summed E-state index contributed by atoms with van der Waals surface area (Å²) in [5.41, 5.74) is 0. The van der Waals surface area contributed by atoms with E-state index in [0.29, 0.717) is 5.06 Å². The lowest BCUT2D eigenvalue weighted by atomic mass is 10.2. The lowest BCUT2D eigenvalue weighted by molar-refractivity contribution is -0.198. The summed E-state index contributed by atoms with van der Waals surface area (Å²) in [5, 5.41) is 3.03. The van der Waals surface area contributed by atoms with E-state index in [-0.39, 0.29) is 25.7 Å². The summed E-state index contributed by atoms with van der Waals surface area (Å²) < 4.78 is 4.36. The largest absolute Gasteiger partial charge is 0.452 e. The van der Waals surface area contributed by atoms with Gasteiger partial charge in [0.15, 0.2) is 0 Å². The summed E-state index contributed by atoms with van der Waals surface area (Å²) in [6, 6.07) is -0.838. The standard InChI is InChI=1S/C9H14N2O6P2/c12-6-2-3-7(13)11(6)16-9(15)5(10-18)1-4-8(14)17-19/h5,10H,1-4,18-19H2. The highest BCUT2D eigenvalue weighted by atomic mass is 31.0. The zero-order valence-corrected chi connectivity index (χ0v) is 12.3. The third-order valence-electron chi connectivity index (χ3n) is 2.44. The molecule has 1 saturated heterocycles. The highest BCUT2D eigenvalue weighted by Gasteiger charge is 2.34. The van der Waals surface area contributed by atoms with Crippen LogP contribution in [0.25, 0.3) is 0 Å². The number of nitrogens with zero attached hydrogens (tertiary/aromatic N) is 1. The molecule has 0 aromatic rings. The minimum absolute atomic E-state index is 0.00738. The number of imide groups is 1. The Bertz CT molecular complexity index is 386. The Labute approximate surface area is 114 Å². The summed E-state index contributed by atoms with van der Waals surface area (Å²) in [5.74, 6) is -2.41. The van der Waals surface area contributed by atoms with Crippen molar-refractivity contribution in [3.8, 4) is 0 Å². The molecule has 0 saturated carbocycles. The normalized spacial score (nSPS) is 16.4. The van der Waals surface area contributed by atoms with Gasteiger partial charge < -0.3 is 9.36 Å². The van der Waals surface area contributed by atoms with Gasteiger partial charge >= 0.3 is 11.9 Å². The van der Waals surface area contributed by atoms with Crippen molar-refractivity contribution in [3.05, 3.63) is 0 Å². The van der Waals surface area contributed by atoms with Crippen LogP contribution in [0.4, 0.5) is 0 Å². The lowest BCUT2D eigenvalue weighted by Gasteiger charge is -2.18. The second-order valence-corrected chi connectivity index (χ2v) is 4.31. The average Bonchev–Trinajstić information content (AvgIpc) is 2.71. The van der Waals surface area contributed by atoms with E-state index < -0.39 is 29.8 Å². The fourth-order valence-electron chi connectivity index (χ4n) is 1.40. The third kappa shape index (κ3) is 4.49. The SMILES string of the molecule is O=C(CCC(NP)C(=O)ON1C(=O)CCC1=O)OP. The van der Waals surface area contributed by atoms with Crippen LogP contribution >= 0.6 is 18.9 Å². The van der Waals surface area contributed by atoms with Crippen molar-refractivity contribution in [1.29, 1.82) is 0 Å². The molecule has 1 fully saturated rings. The molecule has 19 heavy (non-hydrogen) atoms. The van der Waals surface area contributed by atoms with Crippen LogP contribution in [0.1, 0.15) is 25.7 Å². The lowest BCUT2D eigenvalue weighted by Crippen LogP contribution is -2.40. The number of hydrogen-bond acceptors (Lipinski definition) is 7. The highest BCUT2D eigenvalue weighted by Crippen LogP contribution is 2.14. The molecule has 1 aliphatic heterocycles. The molecule has 8 nitrogen and oxygen atoms in total. The number of hydrogen-bond donors (Lipinski definition) is 1. The van der Waals surface area contributed by atoms with Crippen LogP contribution < -0.4 is 5.09 Å². The van der Waals surface area contributed by atoms with Gasteiger partial charge in [-0.1, -0.05) is 9.39 Å². The van der Waals surface area contributed by atoms with Gasteiger partial charge in [-0.05, 0) is 6.42 Å². The maximum absolute atomic E-state index is 11.7. The summed E-state index contributed by atoms with van der Waals surface area (Å²) in [7, 11) is 3.92. The van der Waals surface area contributed by atoms with Gasteiger partial charge in [-0.2, -0.15) is 0 Å². The molecule has 0 bridgehead atoms. The Morgan fingerprint density at radius 3 is 2.37 bits per heavy atom. The highest BCUT2D eigenvalue weighted by molar-refractivity contribution is 7.13. The predicted octanol–water partition coefficient (Wildman–Crippen LogP) is -0.545. The molecule has 1 heterocycles. The van der Waals surface area contributed by atoms with E-state index in [1.165, 1.54) is 0 Å². The summed E-state index contributed by atoms with van der Waals surface area (Å²) in [6.45, 7) is 0. The van der Waals surface area contributed by atoms with Crippen LogP contribution in [0.3, 0.4) is 0 Å². The molecule has 106 valence electrons. The van der Waals surface area contributed by atoms with Gasteiger partial charge in [-0.3, -0.25) is 19.5 Å². The van der Waals surface area contributed by atoms with Crippen molar-refractivity contribution in [2.45, 2.75) is 31.7 Å². The molecule has 3 atom stereocenters. The van der Waals surface area contributed by atoms with E-state index in [0.717, 1.165) is 0 Å². The summed E-state index contributed by atoms with van der Waals surface area (Å²) in [6.07, 6.45) is 0.174. The van der Waals surface area contributed by atoms with E-state index in [1.807, 2.05) is 9.47 Å². The van der Waals surface area contributed by atoms with E-state index in [1.54, 1.807) is 0 Å². The zero-order chi connectivity index (χ0) is 14.4. The van der Waals surface area contributed by atoms with Gasteiger partial charge in [0.2, 0.25) is 0 Å². The van der Waals surface area contributed by atoms with Crippen molar-refractivity contribution < 1.29 is 28.5 Å². The first-order valence-electron chi connectivity index (χ1n) is 5.43. The van der Waals surface area contributed by atoms with Crippen LogP contribution in [-0.2, 0) is 28.5 Å². The van der Waals surface area contributed by atoms with Crippen LogP contribution in [0, 0.1) is 0 Å². The minimum atomic E-state index is -0.838. The monoisotopic (exact) mass is 308 g/mol. The second-order valence-electron chi connectivity index (χ2n) is 3.74. The van der Waals surface area contributed by atoms with Gasteiger partial charge in [0.05, 0.1) is 9.47 Å². The van der Waals surface area contributed by atoms with Crippen molar-refractivity contribution in [3.63, 3.8) is 0 Å². The molecule has 1 N–H and O–H groups in total. The number of rotatable bonds is 6. The molecule has 1 aliphatic rings. The molecule has 0 aromatic heterocycles. The maximum Gasteiger partial charge on any atom is 0.350 e. The Kier molecular flexibility index (Phi) is 6.28. The molecule has 3 unspecified atom stereocenters. The Hall–Kier alpha value is -1.10. The molecule has 0 aromatic carbocycles. The van der Waals surface area contributed by atoms with E-state index in [2.05, 4.69) is 19.0 Å². The number of nitrogens with one attached hydrogen (secondary N) is 1. The fraction of sp³-hybridized carbons (Fsp3) is 0.556. The van der Waals surface area contributed by atoms with Crippen LogP contribution in [0.15, 0.2) is 0 Å². The van der Waals surface area contributed by atoms with Gasteiger partial charge in [-0.25, -0.2) is 4.79 Å². The van der Waals surface area contributed by atoms with Crippen LogP contribution in [0.2, 0.25) is 0 Å². The van der Waals surface area contributed by atoms with Crippen molar-refractivity contribution in [2.24, 2.45) is 0 Å². The summed E-state index contributed by atoms with van der Waals surface area (Å²) >= 11 is 0. The molecule has 10 heteroatoms. The van der Waals surface area contributed by atoms with Crippen molar-refractivity contribution >= 4 is 42.6 Å². The molecule has 0 aliphatic carbocycles. The number of hydroxylamine groups is 2. The van der Waals surface area contributed by atoms with Crippen LogP contribution in [0.5, 0.6) is 0 Å². The second kappa shape index (κ2) is 7.48. The zero-order valence-electron chi connectivity index (χ0n) is 9.96. The first kappa shape index (κ1) is 16.0. The van der Waals surface area contributed by atoms with Gasteiger partial charge in [0, 0.05) is 19.3 Å². The fourth-order valence-corrected chi connectivity index (χ4v) is 1.82. The Morgan fingerprint density at radius 2 is 1.89 bits per heavy atom. The quantitative estimate of drug-likeness (QED) is 0.519. The first-order valence-corrected chi connectivity index (χ1v) is 6.47. The molecular weight excluding hydrogens is 294 g/mol. The molecule has 2 amide bonds. The van der Waals surface area contributed by atoms with Gasteiger partial charge in [0.25, 0.3) is 11.8 Å². The van der Waals surface area contributed by atoms with Crippen molar-refractivity contribution in [2.75, 3.05) is 0 Å². The van der Waals surface area contributed by atoms with Crippen molar-refractivity contribution in [1.82, 2.24) is 10.2 Å². The third-order valence-corrected chi connectivity index (χ3v) is 3.11. The Balaban J connectivity index is 2.51. The number of carbonyl (C=O) groups excluding carboxylic acids is 4. The van der Waals surface area contributed by atoms with Gasteiger partial charge in [-0.15, -0.1) is 5.06 Å². The first-order chi connectivity index (χ1) is 8.99. The molecular formula is C9H14N2O6P2. The smallest absolute Gasteiger partial charge is 0.350 e. The molecule has 0 radical (unpaired) electrons. The topological polar surface area (TPSA) is 102 Å². The average molecular weight is 308 g/mol. The van der Waals surface area contributed by atoms with Gasteiger partial charge in [0.1, 0.15) is 6.04 Å². The van der Waals surface area contributed by atoms with E-state index >= 15 is 0 Å². The maximum atomic E-state index is 11.7. The van der Waals surface area contributed by atoms with E-state index in [4.69, 9.17) is 4.84 Å². The minimum Gasteiger partial charge on any atom is -0.452 e. The predicted molar refractivity (Wildman–Crippen MR) is 68.8 cm³/mol. The molecule has 1 rings (SSSR count). The molecule has 0 spiro atoms. The summed E-state index contributed by atoms with van der Waals surface area (Å²) in [4.78, 5) is 49.9. The van der Waals surface area contributed by atoms with E-state index in [9.17, 15) is 19.2 Å².